The number of hydrogen-bond donors (Lipinski definition) is 0. The Morgan fingerprint density at radius 1 is 0.275 bits per heavy atom. The zero-order chi connectivity index (χ0) is 50.0. The quantitative estimate of drug-likeness (QED) is 0.0261. The predicted molar refractivity (Wildman–Crippen MR) is 298 cm³/mol. The van der Waals surface area contributed by atoms with E-state index in [0.29, 0.717) is 19.3 Å². The van der Waals surface area contributed by atoms with E-state index in [2.05, 4.69) is 32.9 Å². The number of carbonyl (C=O) groups excluding carboxylic acids is 3. The van der Waals surface area contributed by atoms with Gasteiger partial charge >= 0.3 is 17.9 Å². The van der Waals surface area contributed by atoms with E-state index in [1.54, 1.807) is 0 Å². The number of allylic oxidation sites excluding steroid dienone is 2. The molecule has 0 heterocycles. The highest BCUT2D eigenvalue weighted by Gasteiger charge is 2.19. The smallest absolute Gasteiger partial charge is 0.306 e. The fourth-order valence-corrected chi connectivity index (χ4v) is 9.56. The third kappa shape index (κ3) is 56.9. The van der Waals surface area contributed by atoms with Crippen molar-refractivity contribution in [1.29, 1.82) is 0 Å². The van der Waals surface area contributed by atoms with Crippen molar-refractivity contribution < 1.29 is 28.6 Å². The number of hydrogen-bond acceptors (Lipinski definition) is 6. The van der Waals surface area contributed by atoms with E-state index < -0.39 is 6.10 Å². The Balaban J connectivity index is 3.77. The predicted octanol–water partition coefficient (Wildman–Crippen LogP) is 20.9. The Labute approximate surface area is 431 Å². The molecule has 0 amide bonds. The minimum absolute atomic E-state index is 0.0644. The second-order valence-corrected chi connectivity index (χ2v) is 21.3. The first kappa shape index (κ1) is 67.1. The minimum atomic E-state index is -0.759. The SMILES string of the molecule is CCCCCCCCCC/C=C\CCCCCCCCCCCCCCCCCCCCCCCCCC(=O)OCC(COC(=O)CCCCCCC)OC(=O)CCCCCCCCCCCCC. The maximum absolute atomic E-state index is 12.7. The van der Waals surface area contributed by atoms with E-state index in [1.165, 1.54) is 250 Å². The highest BCUT2D eigenvalue weighted by Crippen LogP contribution is 2.18. The fourth-order valence-electron chi connectivity index (χ4n) is 9.56. The molecule has 0 aromatic carbocycles. The zero-order valence-corrected chi connectivity index (χ0v) is 46.9. The number of ether oxygens (including phenoxy) is 3. The molecule has 408 valence electrons. The summed E-state index contributed by atoms with van der Waals surface area (Å²) in [6.07, 6.45) is 68.7. The van der Waals surface area contributed by atoms with Gasteiger partial charge in [0.2, 0.25) is 0 Å². The van der Waals surface area contributed by atoms with Crippen molar-refractivity contribution in [3.63, 3.8) is 0 Å². The Kier molecular flexibility index (Phi) is 57.1. The van der Waals surface area contributed by atoms with Crippen LogP contribution in [0.25, 0.3) is 0 Å². The number of rotatable bonds is 58. The Morgan fingerprint density at radius 2 is 0.478 bits per heavy atom. The molecule has 0 aromatic heterocycles. The highest BCUT2D eigenvalue weighted by atomic mass is 16.6. The molecule has 0 rings (SSSR count). The molecule has 69 heavy (non-hydrogen) atoms. The first-order valence-corrected chi connectivity index (χ1v) is 31.2. The summed E-state index contributed by atoms with van der Waals surface area (Å²) < 4.78 is 16.7. The third-order valence-corrected chi connectivity index (χ3v) is 14.3. The molecular formula is C63H120O6. The van der Waals surface area contributed by atoms with Gasteiger partial charge in [-0.15, -0.1) is 0 Å². The summed E-state index contributed by atoms with van der Waals surface area (Å²) >= 11 is 0. The lowest BCUT2D eigenvalue weighted by Gasteiger charge is -2.18. The average molecular weight is 974 g/mol. The fraction of sp³-hybridized carbons (Fsp3) is 0.921. The first-order chi connectivity index (χ1) is 34.0. The summed E-state index contributed by atoms with van der Waals surface area (Å²) in [4.78, 5) is 37.7. The molecule has 0 aromatic rings. The van der Waals surface area contributed by atoms with Crippen LogP contribution >= 0.6 is 0 Å². The summed E-state index contributed by atoms with van der Waals surface area (Å²) in [5, 5.41) is 0. The lowest BCUT2D eigenvalue weighted by Crippen LogP contribution is -2.30. The monoisotopic (exact) mass is 973 g/mol. The molecule has 0 radical (unpaired) electrons. The van der Waals surface area contributed by atoms with E-state index in [0.717, 1.165) is 64.2 Å². The normalized spacial score (nSPS) is 12.0. The van der Waals surface area contributed by atoms with Crippen molar-refractivity contribution in [3.8, 4) is 0 Å². The van der Waals surface area contributed by atoms with Crippen molar-refractivity contribution in [3.05, 3.63) is 12.2 Å². The van der Waals surface area contributed by atoms with Crippen LogP contribution in [0.1, 0.15) is 355 Å². The number of esters is 3. The van der Waals surface area contributed by atoms with Crippen molar-refractivity contribution in [2.75, 3.05) is 13.2 Å². The van der Waals surface area contributed by atoms with Gasteiger partial charge < -0.3 is 14.2 Å². The van der Waals surface area contributed by atoms with Crippen LogP contribution in [0.3, 0.4) is 0 Å². The molecule has 0 aliphatic rings. The highest BCUT2D eigenvalue weighted by molar-refractivity contribution is 5.71. The molecule has 0 aliphatic heterocycles. The molecule has 0 N–H and O–H groups in total. The van der Waals surface area contributed by atoms with E-state index in [4.69, 9.17) is 14.2 Å². The standard InChI is InChI=1S/C63H120O6/c1-4-7-10-13-15-17-19-20-21-22-23-24-25-26-27-28-29-30-31-32-33-34-35-36-37-38-39-40-41-42-44-45-47-50-53-56-62(65)68-59-60(58-67-61(64)55-52-49-12-9-6-3)69-63(66)57-54-51-48-46-43-18-16-14-11-8-5-2/h22-23,60H,4-21,24-59H2,1-3H3/b23-22-. The zero-order valence-electron chi connectivity index (χ0n) is 46.9. The van der Waals surface area contributed by atoms with Gasteiger partial charge in [0.15, 0.2) is 6.10 Å². The number of carbonyl (C=O) groups is 3. The summed E-state index contributed by atoms with van der Waals surface area (Å²) in [5.74, 6) is -0.860. The Bertz CT molecular complexity index is 1070. The summed E-state index contributed by atoms with van der Waals surface area (Å²) in [7, 11) is 0. The van der Waals surface area contributed by atoms with Gasteiger partial charge in [-0.3, -0.25) is 14.4 Å². The lowest BCUT2D eigenvalue weighted by molar-refractivity contribution is -0.167. The van der Waals surface area contributed by atoms with E-state index in [9.17, 15) is 14.4 Å². The van der Waals surface area contributed by atoms with Gasteiger partial charge in [-0.25, -0.2) is 0 Å². The summed E-state index contributed by atoms with van der Waals surface area (Å²) in [6, 6.07) is 0. The molecule has 0 aliphatic carbocycles. The molecule has 6 heteroatoms. The van der Waals surface area contributed by atoms with Crippen LogP contribution in [0.2, 0.25) is 0 Å². The number of unbranched alkanes of at least 4 members (excludes halogenated alkanes) is 45. The first-order valence-electron chi connectivity index (χ1n) is 31.2. The van der Waals surface area contributed by atoms with Gasteiger partial charge in [0.25, 0.3) is 0 Å². The maximum Gasteiger partial charge on any atom is 0.306 e. The summed E-state index contributed by atoms with van der Waals surface area (Å²) in [6.45, 7) is 6.59. The second kappa shape index (κ2) is 58.7. The van der Waals surface area contributed by atoms with Gasteiger partial charge in [0.1, 0.15) is 13.2 Å². The topological polar surface area (TPSA) is 78.9 Å². The van der Waals surface area contributed by atoms with Crippen molar-refractivity contribution >= 4 is 17.9 Å². The van der Waals surface area contributed by atoms with E-state index in [1.807, 2.05) is 0 Å². The van der Waals surface area contributed by atoms with Gasteiger partial charge in [-0.2, -0.15) is 0 Å². The largest absolute Gasteiger partial charge is 0.462 e. The molecular weight excluding hydrogens is 853 g/mol. The molecule has 0 fully saturated rings. The maximum atomic E-state index is 12.7. The van der Waals surface area contributed by atoms with Gasteiger partial charge in [0, 0.05) is 19.3 Å². The second-order valence-electron chi connectivity index (χ2n) is 21.3. The third-order valence-electron chi connectivity index (χ3n) is 14.3. The van der Waals surface area contributed by atoms with Crippen LogP contribution in [0.15, 0.2) is 12.2 Å². The van der Waals surface area contributed by atoms with Gasteiger partial charge in [0.05, 0.1) is 0 Å². The van der Waals surface area contributed by atoms with Crippen molar-refractivity contribution in [2.45, 2.75) is 361 Å². The van der Waals surface area contributed by atoms with Gasteiger partial charge in [-0.1, -0.05) is 303 Å². The van der Waals surface area contributed by atoms with Crippen LogP contribution in [0.4, 0.5) is 0 Å². The Hall–Kier alpha value is -1.85. The lowest BCUT2D eigenvalue weighted by atomic mass is 10.0. The summed E-state index contributed by atoms with van der Waals surface area (Å²) in [5.41, 5.74) is 0. The van der Waals surface area contributed by atoms with Crippen LogP contribution in [0.5, 0.6) is 0 Å². The van der Waals surface area contributed by atoms with Crippen molar-refractivity contribution in [2.24, 2.45) is 0 Å². The molecule has 0 saturated heterocycles. The van der Waals surface area contributed by atoms with Crippen LogP contribution in [-0.2, 0) is 28.6 Å². The molecule has 6 nitrogen and oxygen atoms in total. The van der Waals surface area contributed by atoms with Crippen molar-refractivity contribution in [1.82, 2.24) is 0 Å². The molecule has 0 bridgehead atoms. The van der Waals surface area contributed by atoms with Crippen LogP contribution < -0.4 is 0 Å². The molecule has 1 unspecified atom stereocenters. The molecule has 0 saturated carbocycles. The molecule has 0 spiro atoms. The van der Waals surface area contributed by atoms with Crippen LogP contribution in [0, 0.1) is 0 Å². The van der Waals surface area contributed by atoms with E-state index in [-0.39, 0.29) is 31.1 Å². The Morgan fingerprint density at radius 3 is 0.725 bits per heavy atom. The van der Waals surface area contributed by atoms with Crippen LogP contribution in [-0.4, -0.2) is 37.2 Å². The van der Waals surface area contributed by atoms with Gasteiger partial charge in [-0.05, 0) is 44.9 Å². The van der Waals surface area contributed by atoms with E-state index >= 15 is 0 Å². The molecule has 1 atom stereocenters. The average Bonchev–Trinajstić information content (AvgIpc) is 3.35. The minimum Gasteiger partial charge on any atom is -0.462 e.